The van der Waals surface area contributed by atoms with Crippen molar-refractivity contribution in [1.29, 1.82) is 0 Å². The third kappa shape index (κ3) is 2.31. The van der Waals surface area contributed by atoms with Gasteiger partial charge in [0.2, 0.25) is 0 Å². The van der Waals surface area contributed by atoms with Crippen LogP contribution in [-0.2, 0) is 11.4 Å². The number of aryl methyl sites for hydroxylation is 2. The summed E-state index contributed by atoms with van der Waals surface area (Å²) in [6.45, 7) is 3.89. The lowest BCUT2D eigenvalue weighted by Gasteiger charge is -2.14. The van der Waals surface area contributed by atoms with Crippen LogP contribution in [0.3, 0.4) is 0 Å². The zero-order valence-corrected chi connectivity index (χ0v) is 10.6. The van der Waals surface area contributed by atoms with Crippen LogP contribution in [-0.4, -0.2) is 8.53 Å². The fourth-order valence-electron chi connectivity index (χ4n) is 1.69. The lowest BCUT2D eigenvalue weighted by molar-refractivity contribution is 0.584. The predicted octanol–water partition coefficient (Wildman–Crippen LogP) is 1.96. The van der Waals surface area contributed by atoms with E-state index in [1.165, 1.54) is 0 Å². The molecule has 0 radical (unpaired) electrons. The lowest BCUT2D eigenvalue weighted by Crippen LogP contribution is -2.16. The molecule has 90 valence electrons. The molecule has 4 nitrogen and oxygen atoms in total. The molecule has 2 rings (SSSR count). The highest BCUT2D eigenvalue weighted by atomic mass is 32.2. The molecule has 0 saturated heterocycles. The number of hydrazine groups is 1. The molecule has 0 amide bonds. The average Bonchev–Trinajstić information content (AvgIpc) is 2.68. The average molecular weight is 249 g/mol. The quantitative estimate of drug-likeness (QED) is 0.496. The number of anilines is 1. The van der Waals surface area contributed by atoms with Gasteiger partial charge in [-0.1, -0.05) is 0 Å². The summed E-state index contributed by atoms with van der Waals surface area (Å²) in [5.41, 5.74) is 5.32. The van der Waals surface area contributed by atoms with Crippen molar-refractivity contribution in [3.05, 3.63) is 47.8 Å². The SMILES string of the molecule is Cc1ccc(C)n1[S+]([O-])c1ccc(NN)cc1. The number of hydrogen-bond acceptors (Lipinski definition) is 3. The van der Waals surface area contributed by atoms with E-state index in [9.17, 15) is 4.55 Å². The van der Waals surface area contributed by atoms with E-state index in [2.05, 4.69) is 5.43 Å². The number of nitrogens with zero attached hydrogens (tertiary/aromatic N) is 1. The topological polar surface area (TPSA) is 66.0 Å². The fraction of sp³-hybridized carbons (Fsp3) is 0.167. The number of rotatable bonds is 3. The van der Waals surface area contributed by atoms with Gasteiger partial charge in [0.25, 0.3) is 0 Å². The second kappa shape index (κ2) is 4.83. The minimum atomic E-state index is -1.20. The summed E-state index contributed by atoms with van der Waals surface area (Å²) in [4.78, 5) is 0.756. The van der Waals surface area contributed by atoms with E-state index < -0.39 is 11.4 Å². The van der Waals surface area contributed by atoms with E-state index in [4.69, 9.17) is 5.84 Å². The van der Waals surface area contributed by atoms with Gasteiger partial charge in [0.05, 0.1) is 11.4 Å². The maximum absolute atomic E-state index is 12.4. The molecule has 0 aliphatic rings. The van der Waals surface area contributed by atoms with E-state index in [-0.39, 0.29) is 0 Å². The summed E-state index contributed by atoms with van der Waals surface area (Å²) < 4.78 is 14.2. The van der Waals surface area contributed by atoms with Gasteiger partial charge in [0.1, 0.15) is 11.4 Å². The Morgan fingerprint density at radius 1 is 1.06 bits per heavy atom. The molecule has 1 aromatic heterocycles. The molecular weight excluding hydrogens is 234 g/mol. The van der Waals surface area contributed by atoms with Gasteiger partial charge >= 0.3 is 0 Å². The van der Waals surface area contributed by atoms with Crippen molar-refractivity contribution in [2.45, 2.75) is 18.7 Å². The highest BCUT2D eigenvalue weighted by Gasteiger charge is 2.17. The second-order valence-corrected chi connectivity index (χ2v) is 5.16. The van der Waals surface area contributed by atoms with Crippen LogP contribution in [0.2, 0.25) is 0 Å². The Morgan fingerprint density at radius 3 is 2.06 bits per heavy atom. The Bertz CT molecular complexity index is 487. The minimum absolute atomic E-state index is 0.756. The first-order valence-electron chi connectivity index (χ1n) is 5.27. The van der Waals surface area contributed by atoms with Crippen LogP contribution in [0.25, 0.3) is 0 Å². The first kappa shape index (κ1) is 12.0. The van der Waals surface area contributed by atoms with E-state index in [0.717, 1.165) is 22.0 Å². The molecule has 0 aliphatic carbocycles. The number of aromatic nitrogens is 1. The van der Waals surface area contributed by atoms with Crippen LogP contribution < -0.4 is 11.3 Å². The Labute approximate surface area is 104 Å². The normalized spacial score (nSPS) is 12.5. The van der Waals surface area contributed by atoms with Crippen molar-refractivity contribution in [2.24, 2.45) is 5.84 Å². The maximum atomic E-state index is 12.4. The summed E-state index contributed by atoms with van der Waals surface area (Å²) in [6, 6.07) is 11.2. The van der Waals surface area contributed by atoms with Gasteiger partial charge in [-0.05, 0) is 50.2 Å². The number of nitrogen functional groups attached to an aromatic ring is 1. The highest BCUT2D eigenvalue weighted by Crippen LogP contribution is 2.20. The molecule has 1 unspecified atom stereocenters. The molecule has 0 saturated carbocycles. The van der Waals surface area contributed by atoms with Crippen LogP contribution in [0.5, 0.6) is 0 Å². The Kier molecular flexibility index (Phi) is 3.42. The van der Waals surface area contributed by atoms with E-state index in [1.807, 2.05) is 42.1 Å². The van der Waals surface area contributed by atoms with Crippen molar-refractivity contribution >= 4 is 17.0 Å². The first-order chi connectivity index (χ1) is 8.13. The van der Waals surface area contributed by atoms with Gasteiger partial charge in [0.15, 0.2) is 4.90 Å². The van der Waals surface area contributed by atoms with E-state index in [0.29, 0.717) is 0 Å². The molecular formula is C12H15N3OS. The summed E-state index contributed by atoms with van der Waals surface area (Å²) in [5, 5.41) is 0. The monoisotopic (exact) mass is 249 g/mol. The van der Waals surface area contributed by atoms with Gasteiger partial charge < -0.3 is 9.98 Å². The molecule has 3 N–H and O–H groups in total. The molecule has 0 spiro atoms. The van der Waals surface area contributed by atoms with Crippen LogP contribution in [0.15, 0.2) is 41.3 Å². The van der Waals surface area contributed by atoms with Gasteiger partial charge in [-0.2, -0.15) is 3.97 Å². The fourth-order valence-corrected chi connectivity index (χ4v) is 2.91. The van der Waals surface area contributed by atoms with Crippen molar-refractivity contribution in [2.75, 3.05) is 5.43 Å². The van der Waals surface area contributed by atoms with Gasteiger partial charge in [0, 0.05) is 5.69 Å². The Balaban J connectivity index is 2.33. The zero-order valence-electron chi connectivity index (χ0n) is 9.81. The van der Waals surface area contributed by atoms with Gasteiger partial charge in [-0.25, -0.2) is 0 Å². The van der Waals surface area contributed by atoms with Crippen molar-refractivity contribution in [3.8, 4) is 0 Å². The Morgan fingerprint density at radius 2 is 1.59 bits per heavy atom. The van der Waals surface area contributed by atoms with E-state index >= 15 is 0 Å². The maximum Gasteiger partial charge on any atom is 0.180 e. The summed E-state index contributed by atoms with van der Waals surface area (Å²) in [6.07, 6.45) is 0. The van der Waals surface area contributed by atoms with E-state index in [1.54, 1.807) is 12.1 Å². The third-order valence-corrected chi connectivity index (χ3v) is 4.18. The van der Waals surface area contributed by atoms with Crippen LogP contribution in [0, 0.1) is 13.8 Å². The molecule has 2 aromatic rings. The smallest absolute Gasteiger partial charge is 0.180 e. The minimum Gasteiger partial charge on any atom is -0.587 e. The predicted molar refractivity (Wildman–Crippen MR) is 70.0 cm³/mol. The molecule has 17 heavy (non-hydrogen) atoms. The van der Waals surface area contributed by atoms with Gasteiger partial charge in [-0.15, -0.1) is 0 Å². The van der Waals surface area contributed by atoms with Crippen molar-refractivity contribution in [3.63, 3.8) is 0 Å². The van der Waals surface area contributed by atoms with Crippen molar-refractivity contribution < 1.29 is 4.55 Å². The molecule has 0 fully saturated rings. The van der Waals surface area contributed by atoms with Gasteiger partial charge in [-0.3, -0.25) is 5.84 Å². The largest absolute Gasteiger partial charge is 0.587 e. The molecule has 1 atom stereocenters. The second-order valence-electron chi connectivity index (χ2n) is 3.83. The number of nitrogens with one attached hydrogen (secondary N) is 1. The number of benzene rings is 1. The summed E-state index contributed by atoms with van der Waals surface area (Å²) >= 11 is -1.20. The lowest BCUT2D eigenvalue weighted by atomic mass is 10.3. The summed E-state index contributed by atoms with van der Waals surface area (Å²) in [5.74, 6) is 5.29. The molecule has 1 heterocycles. The number of nitrogens with two attached hydrogens (primary N) is 1. The molecule has 1 aromatic carbocycles. The molecule has 5 heteroatoms. The third-order valence-electron chi connectivity index (χ3n) is 2.59. The zero-order chi connectivity index (χ0) is 12.4. The molecule has 0 bridgehead atoms. The summed E-state index contributed by atoms with van der Waals surface area (Å²) in [7, 11) is 0. The van der Waals surface area contributed by atoms with Crippen LogP contribution in [0.1, 0.15) is 11.4 Å². The van der Waals surface area contributed by atoms with Crippen LogP contribution >= 0.6 is 0 Å². The Hall–Kier alpha value is -1.43. The standard InChI is InChI=1S/C12H15N3OS/c1-9-3-4-10(2)15(9)17(16)12-7-5-11(14-13)6-8-12/h3-8,14H,13H2,1-2H3. The number of hydrogen-bond donors (Lipinski definition) is 2. The molecule has 0 aliphatic heterocycles. The highest BCUT2D eigenvalue weighted by molar-refractivity contribution is 7.90. The first-order valence-corrected chi connectivity index (χ1v) is 6.38. The van der Waals surface area contributed by atoms with Crippen LogP contribution in [0.4, 0.5) is 5.69 Å². The van der Waals surface area contributed by atoms with Crippen molar-refractivity contribution in [1.82, 2.24) is 3.97 Å².